The highest BCUT2D eigenvalue weighted by Gasteiger charge is 2.27. The zero-order valence-electron chi connectivity index (χ0n) is 19.1. The van der Waals surface area contributed by atoms with E-state index < -0.39 is 0 Å². The number of hydrogen-bond acceptors (Lipinski definition) is 8. The lowest BCUT2D eigenvalue weighted by Gasteiger charge is -2.28. The van der Waals surface area contributed by atoms with E-state index in [4.69, 9.17) is 10.5 Å². The van der Waals surface area contributed by atoms with Gasteiger partial charge in [-0.05, 0) is 67.6 Å². The van der Waals surface area contributed by atoms with Gasteiger partial charge >= 0.3 is 0 Å². The van der Waals surface area contributed by atoms with E-state index in [2.05, 4.69) is 25.1 Å². The first-order valence-corrected chi connectivity index (χ1v) is 11.2. The second kappa shape index (κ2) is 9.01. The van der Waals surface area contributed by atoms with Crippen LogP contribution in [0.25, 0.3) is 10.9 Å². The largest absolute Gasteiger partial charge is 0.480 e. The molecule has 0 spiro atoms. The number of pyridine rings is 1. The molecule has 5 rings (SSSR count). The third kappa shape index (κ3) is 4.00. The molecule has 1 amide bonds. The Hall–Kier alpha value is -4.14. The molecule has 9 heteroatoms. The molecule has 0 saturated carbocycles. The van der Waals surface area contributed by atoms with Gasteiger partial charge in [0, 0.05) is 29.4 Å². The highest BCUT2D eigenvalue weighted by atomic mass is 16.5. The molecule has 34 heavy (non-hydrogen) atoms. The summed E-state index contributed by atoms with van der Waals surface area (Å²) in [5.41, 5.74) is 10.5. The summed E-state index contributed by atoms with van der Waals surface area (Å²) in [7, 11) is 1.54. The van der Waals surface area contributed by atoms with E-state index in [0.717, 1.165) is 35.7 Å². The fraction of sp³-hybridized carbons (Fsp3) is 0.280. The van der Waals surface area contributed by atoms with E-state index in [9.17, 15) is 4.79 Å². The first-order valence-electron chi connectivity index (χ1n) is 11.2. The molecule has 0 radical (unpaired) electrons. The van der Waals surface area contributed by atoms with Crippen molar-refractivity contribution < 1.29 is 9.53 Å². The van der Waals surface area contributed by atoms with Crippen LogP contribution in [-0.2, 0) is 19.4 Å². The minimum atomic E-state index is -0.386. The van der Waals surface area contributed by atoms with E-state index in [0.29, 0.717) is 28.8 Å². The van der Waals surface area contributed by atoms with E-state index in [-0.39, 0.29) is 18.5 Å². The third-order valence-corrected chi connectivity index (χ3v) is 6.26. The second-order valence-electron chi connectivity index (χ2n) is 8.32. The third-order valence-electron chi connectivity index (χ3n) is 6.26. The monoisotopic (exact) mass is 455 g/mol. The van der Waals surface area contributed by atoms with Crippen LogP contribution in [0.4, 0.5) is 5.82 Å². The number of hydrogen-bond donors (Lipinski definition) is 1. The molecule has 9 nitrogen and oxygen atoms in total. The molecule has 0 fully saturated rings. The van der Waals surface area contributed by atoms with Crippen LogP contribution >= 0.6 is 0 Å². The van der Waals surface area contributed by atoms with Crippen molar-refractivity contribution in [1.29, 1.82) is 0 Å². The number of rotatable bonds is 6. The number of nitrogens with two attached hydrogens (primary N) is 1. The molecule has 172 valence electrons. The standard InChI is InChI=1S/C25H25N7O2/c1-15(24-27-11-4-12-28-24)32(14-17-8-10-22(34-2)31-30-17)25(33)16-7-9-21-20(13-16)18-5-3-6-19(18)23(26)29-21/h4,7-13,15H,3,5-6,14H2,1-2H3,(H2,26,29)/t15-/m0/s1. The smallest absolute Gasteiger partial charge is 0.254 e. The summed E-state index contributed by atoms with van der Waals surface area (Å²) >= 11 is 0. The SMILES string of the molecule is COc1ccc(CN(C(=O)c2ccc3nc(N)c4c(c3c2)CCC4)[C@@H](C)c2ncccn2)nn1. The van der Waals surface area contributed by atoms with E-state index in [1.807, 2.05) is 19.1 Å². The Labute approximate surface area is 197 Å². The zero-order valence-corrected chi connectivity index (χ0v) is 19.1. The number of anilines is 1. The van der Waals surface area contributed by atoms with Crippen molar-refractivity contribution in [2.24, 2.45) is 0 Å². The summed E-state index contributed by atoms with van der Waals surface area (Å²) in [5, 5.41) is 9.24. The summed E-state index contributed by atoms with van der Waals surface area (Å²) in [5.74, 6) is 1.40. The number of ether oxygens (including phenoxy) is 1. The minimum absolute atomic E-state index is 0.150. The molecule has 1 aliphatic rings. The number of nitrogen functional groups attached to an aromatic ring is 1. The predicted octanol–water partition coefficient (Wildman–Crippen LogP) is 3.30. The normalized spacial score (nSPS) is 13.5. The number of carbonyl (C=O) groups is 1. The lowest BCUT2D eigenvalue weighted by molar-refractivity contribution is 0.0663. The van der Waals surface area contributed by atoms with Gasteiger partial charge in [0.1, 0.15) is 11.6 Å². The van der Waals surface area contributed by atoms with Gasteiger partial charge in [0.05, 0.1) is 30.9 Å². The average molecular weight is 456 g/mol. The molecule has 1 aromatic carbocycles. The van der Waals surface area contributed by atoms with E-state index in [1.165, 1.54) is 12.7 Å². The van der Waals surface area contributed by atoms with Gasteiger partial charge in [0.2, 0.25) is 5.88 Å². The van der Waals surface area contributed by atoms with Crippen LogP contribution in [0.5, 0.6) is 5.88 Å². The Kier molecular flexibility index (Phi) is 5.75. The fourth-order valence-corrected chi connectivity index (χ4v) is 4.46. The van der Waals surface area contributed by atoms with Crippen molar-refractivity contribution in [2.75, 3.05) is 12.8 Å². The molecular weight excluding hydrogens is 430 g/mol. The van der Waals surface area contributed by atoms with Crippen molar-refractivity contribution in [1.82, 2.24) is 30.0 Å². The summed E-state index contributed by atoms with van der Waals surface area (Å²) < 4.78 is 5.10. The number of amides is 1. The molecule has 1 aliphatic carbocycles. The van der Waals surface area contributed by atoms with Crippen LogP contribution in [0.1, 0.15) is 52.4 Å². The molecule has 0 saturated heterocycles. The summed E-state index contributed by atoms with van der Waals surface area (Å²) in [6.45, 7) is 2.15. The van der Waals surface area contributed by atoms with Crippen LogP contribution in [0.3, 0.4) is 0 Å². The first kappa shape index (κ1) is 21.7. The van der Waals surface area contributed by atoms with Crippen molar-refractivity contribution in [2.45, 2.75) is 38.8 Å². The maximum atomic E-state index is 13.9. The van der Waals surface area contributed by atoms with Gasteiger partial charge in [-0.3, -0.25) is 4.79 Å². The number of methoxy groups -OCH3 is 1. The number of benzene rings is 1. The number of nitrogens with zero attached hydrogens (tertiary/aromatic N) is 6. The molecule has 4 aromatic rings. The Balaban J connectivity index is 1.54. The lowest BCUT2D eigenvalue weighted by Crippen LogP contribution is -2.34. The minimum Gasteiger partial charge on any atom is -0.480 e. The maximum absolute atomic E-state index is 13.9. The average Bonchev–Trinajstić information content (AvgIpc) is 3.38. The van der Waals surface area contributed by atoms with Crippen molar-refractivity contribution in [3.05, 3.63) is 77.0 Å². The fourth-order valence-electron chi connectivity index (χ4n) is 4.46. The Morgan fingerprint density at radius 1 is 1.12 bits per heavy atom. The molecule has 0 unspecified atom stereocenters. The zero-order chi connectivity index (χ0) is 23.7. The van der Waals surface area contributed by atoms with E-state index >= 15 is 0 Å². The molecule has 3 aromatic heterocycles. The van der Waals surface area contributed by atoms with Crippen LogP contribution in [0.2, 0.25) is 0 Å². The van der Waals surface area contributed by atoms with Gasteiger partial charge in [0.15, 0.2) is 0 Å². The van der Waals surface area contributed by atoms with Crippen LogP contribution in [0.15, 0.2) is 48.8 Å². The number of fused-ring (bicyclic) bond motifs is 3. The van der Waals surface area contributed by atoms with Crippen LogP contribution in [0, 0.1) is 0 Å². The quantitative estimate of drug-likeness (QED) is 0.470. The lowest BCUT2D eigenvalue weighted by atomic mass is 10.0. The van der Waals surface area contributed by atoms with Gasteiger partial charge in [-0.15, -0.1) is 5.10 Å². The van der Waals surface area contributed by atoms with Gasteiger partial charge in [-0.2, -0.15) is 5.10 Å². The molecule has 1 atom stereocenters. The highest BCUT2D eigenvalue weighted by molar-refractivity contribution is 5.99. The van der Waals surface area contributed by atoms with Crippen molar-refractivity contribution in [3.63, 3.8) is 0 Å². The maximum Gasteiger partial charge on any atom is 0.254 e. The number of carbonyl (C=O) groups excluding carboxylic acids is 1. The number of aromatic nitrogens is 5. The van der Waals surface area contributed by atoms with E-state index in [1.54, 1.807) is 41.6 Å². The van der Waals surface area contributed by atoms with Crippen molar-refractivity contribution >= 4 is 22.6 Å². The Bertz CT molecular complexity index is 1340. The predicted molar refractivity (Wildman–Crippen MR) is 127 cm³/mol. The van der Waals surface area contributed by atoms with Crippen LogP contribution < -0.4 is 10.5 Å². The molecular formula is C25H25N7O2. The summed E-state index contributed by atoms with van der Waals surface area (Å²) in [6, 6.07) is 10.5. The van der Waals surface area contributed by atoms with Crippen LogP contribution in [-0.4, -0.2) is 43.1 Å². The van der Waals surface area contributed by atoms with Gasteiger partial charge in [0.25, 0.3) is 5.91 Å². The molecule has 0 bridgehead atoms. The first-order chi connectivity index (χ1) is 16.5. The molecule has 2 N–H and O–H groups in total. The highest BCUT2D eigenvalue weighted by Crippen LogP contribution is 2.33. The summed E-state index contributed by atoms with van der Waals surface area (Å²) in [4.78, 5) is 28.9. The Morgan fingerprint density at radius 3 is 2.65 bits per heavy atom. The summed E-state index contributed by atoms with van der Waals surface area (Å²) in [6.07, 6.45) is 6.25. The van der Waals surface area contributed by atoms with Gasteiger partial charge < -0.3 is 15.4 Å². The molecule has 0 aliphatic heterocycles. The van der Waals surface area contributed by atoms with Crippen molar-refractivity contribution in [3.8, 4) is 5.88 Å². The van der Waals surface area contributed by atoms with Gasteiger partial charge in [-0.1, -0.05) is 0 Å². The van der Waals surface area contributed by atoms with Gasteiger partial charge in [-0.25, -0.2) is 15.0 Å². The second-order valence-corrected chi connectivity index (χ2v) is 8.32. The Morgan fingerprint density at radius 2 is 1.91 bits per heavy atom. The number of aryl methyl sites for hydroxylation is 1. The molecule has 3 heterocycles. The topological polar surface area (TPSA) is 120 Å².